The summed E-state index contributed by atoms with van der Waals surface area (Å²) in [5, 5.41) is 3.38. The van der Waals surface area contributed by atoms with Crippen molar-refractivity contribution < 1.29 is 8.78 Å². The summed E-state index contributed by atoms with van der Waals surface area (Å²) >= 11 is 5.95. The van der Waals surface area contributed by atoms with E-state index < -0.39 is 11.6 Å². The Morgan fingerprint density at radius 3 is 2.68 bits per heavy atom. The lowest BCUT2D eigenvalue weighted by Gasteiger charge is -2.10. The molecule has 0 fully saturated rings. The number of fused-ring (bicyclic) bond motifs is 1. The molecule has 2 heterocycles. The van der Waals surface area contributed by atoms with Crippen molar-refractivity contribution in [2.75, 3.05) is 11.9 Å². The van der Waals surface area contributed by atoms with Crippen molar-refractivity contribution in [1.82, 2.24) is 14.5 Å². The van der Waals surface area contributed by atoms with E-state index in [2.05, 4.69) is 15.3 Å². The molecule has 0 aliphatic heterocycles. The van der Waals surface area contributed by atoms with Crippen molar-refractivity contribution in [2.45, 2.75) is 13.5 Å². The number of anilines is 1. The third kappa shape index (κ3) is 2.74. The summed E-state index contributed by atoms with van der Waals surface area (Å²) in [5.41, 5.74) is 1.56. The van der Waals surface area contributed by atoms with Gasteiger partial charge in [-0.25, -0.2) is 13.8 Å². The topological polar surface area (TPSA) is 42.7 Å². The molecule has 0 aliphatic rings. The van der Waals surface area contributed by atoms with Gasteiger partial charge in [-0.15, -0.1) is 0 Å². The molecule has 3 rings (SSSR count). The Kier molecular flexibility index (Phi) is 3.94. The molecule has 0 saturated heterocycles. The van der Waals surface area contributed by atoms with E-state index in [-0.39, 0.29) is 5.69 Å². The average molecular weight is 323 g/mol. The van der Waals surface area contributed by atoms with Gasteiger partial charge >= 0.3 is 0 Å². The van der Waals surface area contributed by atoms with Gasteiger partial charge in [0, 0.05) is 18.1 Å². The lowest BCUT2D eigenvalue weighted by atomic mass is 10.3. The predicted octanol–water partition coefficient (Wildman–Crippen LogP) is 3.78. The number of nitrogens with zero attached hydrogens (tertiary/aromatic N) is 3. The van der Waals surface area contributed by atoms with Gasteiger partial charge in [0.2, 0.25) is 0 Å². The molecule has 4 nitrogen and oxygen atoms in total. The van der Waals surface area contributed by atoms with Crippen molar-refractivity contribution in [3.05, 3.63) is 53.1 Å². The molecule has 0 unspecified atom stereocenters. The summed E-state index contributed by atoms with van der Waals surface area (Å²) in [6.45, 7) is 2.75. The number of benzene rings is 1. The van der Waals surface area contributed by atoms with Gasteiger partial charge in [0.15, 0.2) is 11.6 Å². The zero-order chi connectivity index (χ0) is 15.7. The third-order valence-electron chi connectivity index (χ3n) is 3.39. The Morgan fingerprint density at radius 1 is 1.23 bits per heavy atom. The highest BCUT2D eigenvalue weighted by molar-refractivity contribution is 6.31. The lowest BCUT2D eigenvalue weighted by molar-refractivity contribution is 0.576. The minimum absolute atomic E-state index is 0.167. The van der Waals surface area contributed by atoms with Crippen LogP contribution in [0.25, 0.3) is 11.0 Å². The Bertz CT molecular complexity index is 812. The van der Waals surface area contributed by atoms with Crippen molar-refractivity contribution in [3.8, 4) is 0 Å². The minimum Gasteiger partial charge on any atom is -0.378 e. The van der Waals surface area contributed by atoms with Crippen LogP contribution in [0.5, 0.6) is 0 Å². The zero-order valence-corrected chi connectivity index (χ0v) is 12.5. The molecular formula is C15H13ClF2N4. The van der Waals surface area contributed by atoms with Gasteiger partial charge in [-0.05, 0) is 25.1 Å². The van der Waals surface area contributed by atoms with Gasteiger partial charge in [-0.2, -0.15) is 0 Å². The summed E-state index contributed by atoms with van der Waals surface area (Å²) in [6.07, 6.45) is 1.95. The molecule has 0 aliphatic carbocycles. The first kappa shape index (κ1) is 14.7. The van der Waals surface area contributed by atoms with E-state index in [1.165, 1.54) is 0 Å². The van der Waals surface area contributed by atoms with E-state index in [0.29, 0.717) is 18.1 Å². The minimum atomic E-state index is -0.709. The fraction of sp³-hybridized carbons (Fsp3) is 0.200. The molecule has 7 heteroatoms. The molecular weight excluding hydrogens is 310 g/mol. The van der Waals surface area contributed by atoms with Gasteiger partial charge in [0.1, 0.15) is 11.5 Å². The fourth-order valence-electron chi connectivity index (χ4n) is 2.38. The van der Waals surface area contributed by atoms with E-state index in [0.717, 1.165) is 29.3 Å². The summed E-state index contributed by atoms with van der Waals surface area (Å²) in [5.74, 6) is -0.604. The number of hydrogen-bond donors (Lipinski definition) is 1. The summed E-state index contributed by atoms with van der Waals surface area (Å²) in [4.78, 5) is 7.88. The maximum absolute atomic E-state index is 13.5. The van der Waals surface area contributed by atoms with Crippen LogP contribution in [-0.4, -0.2) is 21.1 Å². The molecule has 0 atom stereocenters. The number of aryl methyl sites for hydroxylation is 1. The molecule has 2 aromatic heterocycles. The molecule has 0 radical (unpaired) electrons. The highest BCUT2D eigenvalue weighted by Crippen LogP contribution is 2.21. The first-order chi connectivity index (χ1) is 10.6. The van der Waals surface area contributed by atoms with E-state index >= 15 is 0 Å². The van der Waals surface area contributed by atoms with Crippen LogP contribution in [0.2, 0.25) is 5.02 Å². The Balaban J connectivity index is 1.78. The number of halogens is 3. The Morgan fingerprint density at radius 2 is 1.95 bits per heavy atom. The van der Waals surface area contributed by atoms with E-state index in [1.807, 2.05) is 17.6 Å². The second-order valence-electron chi connectivity index (χ2n) is 4.85. The number of pyridine rings is 1. The SMILES string of the molecule is Cc1nc2cc(Cl)ccc2n1CCNc1c(F)cncc1F. The molecule has 1 N–H and O–H groups in total. The van der Waals surface area contributed by atoms with Crippen molar-refractivity contribution in [2.24, 2.45) is 0 Å². The van der Waals surface area contributed by atoms with Crippen LogP contribution < -0.4 is 5.32 Å². The predicted molar refractivity (Wildman–Crippen MR) is 82.1 cm³/mol. The third-order valence-corrected chi connectivity index (χ3v) is 3.63. The van der Waals surface area contributed by atoms with E-state index in [4.69, 9.17) is 11.6 Å². The van der Waals surface area contributed by atoms with Crippen LogP contribution in [0.3, 0.4) is 0 Å². The molecule has 114 valence electrons. The first-order valence-electron chi connectivity index (χ1n) is 6.71. The highest BCUT2D eigenvalue weighted by Gasteiger charge is 2.10. The number of imidazole rings is 1. The van der Waals surface area contributed by atoms with Crippen LogP contribution >= 0.6 is 11.6 Å². The van der Waals surface area contributed by atoms with Gasteiger partial charge < -0.3 is 9.88 Å². The number of hydrogen-bond acceptors (Lipinski definition) is 3. The highest BCUT2D eigenvalue weighted by atomic mass is 35.5. The number of nitrogens with one attached hydrogen (secondary N) is 1. The van der Waals surface area contributed by atoms with Crippen LogP contribution in [0, 0.1) is 18.6 Å². The maximum Gasteiger partial charge on any atom is 0.167 e. The molecule has 0 saturated carbocycles. The summed E-state index contributed by atoms with van der Waals surface area (Å²) < 4.78 is 29.0. The Labute approximate surface area is 130 Å². The number of aromatic nitrogens is 3. The standard InChI is InChI=1S/C15H13ClF2N4/c1-9-21-13-6-10(16)2-3-14(13)22(9)5-4-20-15-11(17)7-19-8-12(15)18/h2-3,6-8H,4-5H2,1H3,(H,19,20). The number of rotatable bonds is 4. The molecule has 0 spiro atoms. The van der Waals surface area contributed by atoms with Crippen LogP contribution in [0.15, 0.2) is 30.6 Å². The van der Waals surface area contributed by atoms with Crippen LogP contribution in [0.4, 0.5) is 14.5 Å². The normalized spacial score (nSPS) is 11.1. The van der Waals surface area contributed by atoms with Gasteiger partial charge in [0.25, 0.3) is 0 Å². The van der Waals surface area contributed by atoms with E-state index in [1.54, 1.807) is 12.1 Å². The zero-order valence-electron chi connectivity index (χ0n) is 11.8. The monoisotopic (exact) mass is 322 g/mol. The van der Waals surface area contributed by atoms with Crippen molar-refractivity contribution >= 4 is 28.3 Å². The summed E-state index contributed by atoms with van der Waals surface area (Å²) in [7, 11) is 0. The summed E-state index contributed by atoms with van der Waals surface area (Å²) in [6, 6.07) is 5.46. The first-order valence-corrected chi connectivity index (χ1v) is 7.09. The average Bonchev–Trinajstić information content (AvgIpc) is 2.77. The van der Waals surface area contributed by atoms with Crippen molar-refractivity contribution in [3.63, 3.8) is 0 Å². The van der Waals surface area contributed by atoms with E-state index in [9.17, 15) is 8.78 Å². The van der Waals surface area contributed by atoms with Gasteiger partial charge in [0.05, 0.1) is 23.4 Å². The van der Waals surface area contributed by atoms with Gasteiger partial charge in [-0.1, -0.05) is 11.6 Å². The van der Waals surface area contributed by atoms with Gasteiger partial charge in [-0.3, -0.25) is 4.98 Å². The fourth-order valence-corrected chi connectivity index (χ4v) is 2.54. The van der Waals surface area contributed by atoms with Crippen LogP contribution in [-0.2, 0) is 6.54 Å². The molecule has 0 amide bonds. The molecule has 22 heavy (non-hydrogen) atoms. The largest absolute Gasteiger partial charge is 0.378 e. The maximum atomic E-state index is 13.5. The van der Waals surface area contributed by atoms with Crippen molar-refractivity contribution in [1.29, 1.82) is 0 Å². The van der Waals surface area contributed by atoms with Crippen LogP contribution in [0.1, 0.15) is 5.82 Å². The quantitative estimate of drug-likeness (QED) is 0.795. The lowest BCUT2D eigenvalue weighted by Crippen LogP contribution is -2.13. The molecule has 3 aromatic rings. The molecule has 1 aromatic carbocycles. The Hall–Kier alpha value is -2.21. The molecule has 0 bridgehead atoms. The second kappa shape index (κ2) is 5.88. The smallest absolute Gasteiger partial charge is 0.167 e. The second-order valence-corrected chi connectivity index (χ2v) is 5.29.